The van der Waals surface area contributed by atoms with Gasteiger partial charge in [0.05, 0.1) is 0 Å². The van der Waals surface area contributed by atoms with Crippen LogP contribution in [0.2, 0.25) is 0 Å². The highest BCUT2D eigenvalue weighted by Gasteiger charge is 2.15. The first-order chi connectivity index (χ1) is 14.1. The van der Waals surface area contributed by atoms with Gasteiger partial charge in [-0.05, 0) is 48.6 Å². The van der Waals surface area contributed by atoms with E-state index in [1.807, 2.05) is 83.6 Å². The van der Waals surface area contributed by atoms with Crippen LogP contribution in [-0.4, -0.2) is 15.3 Å². The molecule has 0 N–H and O–H groups in total. The predicted molar refractivity (Wildman–Crippen MR) is 118 cm³/mol. The first-order valence-electron chi connectivity index (χ1n) is 9.04. The quantitative estimate of drug-likeness (QED) is 0.384. The van der Waals surface area contributed by atoms with E-state index in [2.05, 4.69) is 12.1 Å². The lowest BCUT2D eigenvalue weighted by molar-refractivity contribution is -0.141. The van der Waals surface area contributed by atoms with Gasteiger partial charge in [0, 0.05) is 34.2 Å². The Bertz CT molecular complexity index is 1180. The number of imidazole rings is 1. The van der Waals surface area contributed by atoms with Gasteiger partial charge in [-0.15, -0.1) is 4.73 Å². The lowest BCUT2D eigenvalue weighted by atomic mass is 10.2. The number of benzene rings is 3. The molecule has 0 amide bonds. The SMILES string of the molecule is CC(=O)On1c(-c2ccc(Sc3ccccc3)cc2)cn(-c2ccccc2)c1=S. The minimum atomic E-state index is -0.426. The minimum absolute atomic E-state index is 0.393. The molecule has 144 valence electrons. The van der Waals surface area contributed by atoms with Crippen LogP contribution in [0.15, 0.2) is 101 Å². The van der Waals surface area contributed by atoms with E-state index in [1.54, 1.807) is 11.8 Å². The molecule has 0 bridgehead atoms. The molecule has 4 aromatic rings. The molecule has 0 unspecified atom stereocenters. The van der Waals surface area contributed by atoms with E-state index in [0.29, 0.717) is 10.5 Å². The van der Waals surface area contributed by atoms with Gasteiger partial charge < -0.3 is 4.84 Å². The van der Waals surface area contributed by atoms with Gasteiger partial charge in [0.15, 0.2) is 0 Å². The zero-order valence-electron chi connectivity index (χ0n) is 15.7. The zero-order chi connectivity index (χ0) is 20.2. The summed E-state index contributed by atoms with van der Waals surface area (Å²) in [5, 5.41) is 0. The van der Waals surface area contributed by atoms with E-state index >= 15 is 0 Å². The Kier molecular flexibility index (Phi) is 5.64. The van der Waals surface area contributed by atoms with Crippen molar-refractivity contribution in [3.05, 3.63) is 95.9 Å². The van der Waals surface area contributed by atoms with E-state index in [-0.39, 0.29) is 0 Å². The molecule has 29 heavy (non-hydrogen) atoms. The molecular formula is C23H18N2O2S2. The van der Waals surface area contributed by atoms with Crippen LogP contribution in [0.4, 0.5) is 0 Å². The third kappa shape index (κ3) is 4.34. The van der Waals surface area contributed by atoms with E-state index in [1.165, 1.54) is 16.5 Å². The van der Waals surface area contributed by atoms with Crippen molar-refractivity contribution in [2.24, 2.45) is 0 Å². The summed E-state index contributed by atoms with van der Waals surface area (Å²) in [5.74, 6) is -0.426. The van der Waals surface area contributed by atoms with E-state index in [4.69, 9.17) is 17.1 Å². The number of hydrogen-bond donors (Lipinski definition) is 0. The van der Waals surface area contributed by atoms with Gasteiger partial charge in [-0.1, -0.05) is 60.3 Å². The minimum Gasteiger partial charge on any atom is -0.334 e. The number of para-hydroxylation sites is 1. The summed E-state index contributed by atoms with van der Waals surface area (Å²) in [5.41, 5.74) is 2.52. The van der Waals surface area contributed by atoms with Crippen LogP contribution in [0.1, 0.15) is 6.92 Å². The second-order valence-corrected chi connectivity index (χ2v) is 7.83. The number of hydrogen-bond acceptors (Lipinski definition) is 4. The van der Waals surface area contributed by atoms with Gasteiger partial charge in [-0.25, -0.2) is 4.79 Å². The lowest BCUT2D eigenvalue weighted by Gasteiger charge is -2.07. The molecule has 0 fully saturated rings. The summed E-state index contributed by atoms with van der Waals surface area (Å²) in [4.78, 5) is 19.4. The van der Waals surface area contributed by atoms with Gasteiger partial charge >= 0.3 is 5.97 Å². The molecule has 3 aromatic carbocycles. The van der Waals surface area contributed by atoms with E-state index in [0.717, 1.165) is 16.1 Å². The van der Waals surface area contributed by atoms with Gasteiger partial charge in [-0.3, -0.25) is 4.57 Å². The third-order valence-electron chi connectivity index (χ3n) is 4.23. The maximum absolute atomic E-state index is 11.7. The molecule has 1 heterocycles. The molecule has 1 aromatic heterocycles. The first-order valence-corrected chi connectivity index (χ1v) is 10.3. The van der Waals surface area contributed by atoms with Crippen molar-refractivity contribution in [2.75, 3.05) is 0 Å². The van der Waals surface area contributed by atoms with Crippen LogP contribution in [0.5, 0.6) is 0 Å². The largest absolute Gasteiger partial charge is 0.334 e. The molecule has 0 spiro atoms. The monoisotopic (exact) mass is 418 g/mol. The standard InChI is InChI=1S/C23H18N2O2S2/c1-17(26)27-25-22(16-24(23(25)28)19-8-4-2-5-9-19)18-12-14-21(15-13-18)29-20-10-6-3-7-11-20/h2-16H,1H3. The van der Waals surface area contributed by atoms with Crippen molar-refractivity contribution in [1.29, 1.82) is 0 Å². The Morgan fingerprint density at radius 3 is 2.07 bits per heavy atom. The second kappa shape index (κ2) is 8.51. The van der Waals surface area contributed by atoms with Crippen LogP contribution in [-0.2, 0) is 4.79 Å². The van der Waals surface area contributed by atoms with E-state index < -0.39 is 5.97 Å². The fourth-order valence-electron chi connectivity index (χ4n) is 2.93. The number of carbonyl (C=O) groups excluding carboxylic acids is 1. The maximum atomic E-state index is 11.7. The molecule has 0 radical (unpaired) electrons. The molecule has 4 rings (SSSR count). The summed E-state index contributed by atoms with van der Waals surface area (Å²) in [6.07, 6.45) is 1.89. The van der Waals surface area contributed by atoms with Crippen LogP contribution < -0.4 is 4.84 Å². The second-order valence-electron chi connectivity index (χ2n) is 6.32. The molecule has 6 heteroatoms. The molecule has 0 aliphatic heterocycles. The van der Waals surface area contributed by atoms with Crippen molar-refractivity contribution in [3.63, 3.8) is 0 Å². The highest BCUT2D eigenvalue weighted by atomic mass is 32.2. The Balaban J connectivity index is 1.72. The molecule has 0 saturated carbocycles. The van der Waals surface area contributed by atoms with Crippen molar-refractivity contribution in [1.82, 2.24) is 9.30 Å². The average molecular weight is 419 g/mol. The van der Waals surface area contributed by atoms with Crippen molar-refractivity contribution >= 4 is 29.9 Å². The fraction of sp³-hybridized carbons (Fsp3) is 0.0435. The smallest absolute Gasteiger partial charge is 0.330 e. The van der Waals surface area contributed by atoms with Crippen molar-refractivity contribution in [3.8, 4) is 16.9 Å². The van der Waals surface area contributed by atoms with Crippen LogP contribution in [0, 0.1) is 4.77 Å². The number of rotatable bonds is 5. The van der Waals surface area contributed by atoms with Crippen LogP contribution >= 0.6 is 24.0 Å². The van der Waals surface area contributed by atoms with Gasteiger partial charge in [0.1, 0.15) is 5.69 Å². The van der Waals surface area contributed by atoms with Crippen molar-refractivity contribution in [2.45, 2.75) is 16.7 Å². The van der Waals surface area contributed by atoms with Crippen molar-refractivity contribution < 1.29 is 9.63 Å². The summed E-state index contributed by atoms with van der Waals surface area (Å²) in [6, 6.07) is 28.1. The number of carbonyl (C=O) groups is 1. The third-order valence-corrected chi connectivity index (χ3v) is 5.61. The lowest BCUT2D eigenvalue weighted by Crippen LogP contribution is -2.18. The number of aromatic nitrogens is 2. The number of nitrogens with zero attached hydrogens (tertiary/aromatic N) is 2. The fourth-order valence-corrected chi connectivity index (χ4v) is 4.06. The van der Waals surface area contributed by atoms with Crippen LogP contribution in [0.3, 0.4) is 0 Å². The topological polar surface area (TPSA) is 36.2 Å². The first kappa shape index (κ1) is 19.2. The molecular weight excluding hydrogens is 400 g/mol. The van der Waals surface area contributed by atoms with Crippen LogP contribution in [0.25, 0.3) is 16.9 Å². The molecule has 0 aliphatic rings. The molecule has 0 saturated heterocycles. The molecule has 0 atom stereocenters. The zero-order valence-corrected chi connectivity index (χ0v) is 17.3. The average Bonchev–Trinajstić information content (AvgIpc) is 3.06. The summed E-state index contributed by atoms with van der Waals surface area (Å²) in [7, 11) is 0. The Morgan fingerprint density at radius 2 is 1.45 bits per heavy atom. The Labute approximate surface area is 178 Å². The normalized spacial score (nSPS) is 10.7. The Hall–Kier alpha value is -3.09. The highest BCUT2D eigenvalue weighted by Crippen LogP contribution is 2.30. The predicted octanol–water partition coefficient (Wildman–Crippen LogP) is 5.80. The maximum Gasteiger partial charge on any atom is 0.330 e. The molecule has 4 nitrogen and oxygen atoms in total. The van der Waals surface area contributed by atoms with E-state index in [9.17, 15) is 4.79 Å². The summed E-state index contributed by atoms with van der Waals surface area (Å²) >= 11 is 7.26. The molecule has 0 aliphatic carbocycles. The Morgan fingerprint density at radius 1 is 0.862 bits per heavy atom. The van der Waals surface area contributed by atoms with Gasteiger partial charge in [-0.2, -0.15) is 0 Å². The summed E-state index contributed by atoms with van der Waals surface area (Å²) < 4.78 is 3.63. The highest BCUT2D eigenvalue weighted by molar-refractivity contribution is 7.99. The van der Waals surface area contributed by atoms with Gasteiger partial charge in [0.2, 0.25) is 4.77 Å². The van der Waals surface area contributed by atoms with Gasteiger partial charge in [0.25, 0.3) is 0 Å². The summed E-state index contributed by atoms with van der Waals surface area (Å²) in [6.45, 7) is 1.37.